The van der Waals surface area contributed by atoms with Crippen LogP contribution in [0.1, 0.15) is 51.3 Å². The van der Waals surface area contributed by atoms with Crippen molar-refractivity contribution in [3.05, 3.63) is 69.9 Å². The molecular formula is C23H17F2N5OS. The summed E-state index contributed by atoms with van der Waals surface area (Å²) in [6, 6.07) is 12.4. The average molecular weight is 449 g/mol. The molecule has 0 aliphatic heterocycles. The first-order valence-electron chi connectivity index (χ1n) is 10.1. The van der Waals surface area contributed by atoms with Crippen LogP contribution in [0.15, 0.2) is 42.6 Å². The molecule has 1 aliphatic carbocycles. The number of nitrogens with zero attached hydrogens (tertiary/aromatic N) is 4. The summed E-state index contributed by atoms with van der Waals surface area (Å²) in [5, 5.41) is 16.9. The smallest absolute Gasteiger partial charge is 0.280 e. The van der Waals surface area contributed by atoms with E-state index in [4.69, 9.17) is 0 Å². The van der Waals surface area contributed by atoms with E-state index in [-0.39, 0.29) is 16.9 Å². The Bertz CT molecular complexity index is 1370. The topological polar surface area (TPSA) is 83.1 Å². The van der Waals surface area contributed by atoms with Gasteiger partial charge in [0, 0.05) is 10.4 Å². The highest BCUT2D eigenvalue weighted by atomic mass is 32.1. The Morgan fingerprint density at radius 1 is 1.22 bits per heavy atom. The lowest BCUT2D eigenvalue weighted by Gasteiger charge is -2.09. The number of thiophene rings is 1. The summed E-state index contributed by atoms with van der Waals surface area (Å²) in [6.45, 7) is 0. The van der Waals surface area contributed by atoms with Crippen LogP contribution in [0.3, 0.4) is 0 Å². The zero-order valence-electron chi connectivity index (χ0n) is 16.8. The predicted octanol–water partition coefficient (Wildman–Crippen LogP) is 5.40. The fraction of sp³-hybridized carbons (Fsp3) is 0.217. The molecule has 0 bridgehead atoms. The summed E-state index contributed by atoms with van der Waals surface area (Å²) in [7, 11) is 0. The van der Waals surface area contributed by atoms with E-state index in [2.05, 4.69) is 21.5 Å². The Morgan fingerprint density at radius 2 is 2.00 bits per heavy atom. The van der Waals surface area contributed by atoms with E-state index >= 15 is 0 Å². The normalized spacial score (nSPS) is 13.2. The van der Waals surface area contributed by atoms with Crippen molar-refractivity contribution in [3.63, 3.8) is 0 Å². The van der Waals surface area contributed by atoms with Crippen LogP contribution in [0.5, 0.6) is 0 Å². The van der Waals surface area contributed by atoms with Crippen LogP contribution in [0, 0.1) is 11.3 Å². The molecule has 1 amide bonds. The fourth-order valence-corrected chi connectivity index (χ4v) is 5.24. The molecule has 3 heterocycles. The van der Waals surface area contributed by atoms with Crippen molar-refractivity contribution < 1.29 is 13.6 Å². The number of amides is 1. The van der Waals surface area contributed by atoms with Gasteiger partial charge in [0.25, 0.3) is 12.3 Å². The number of nitriles is 1. The van der Waals surface area contributed by atoms with Crippen molar-refractivity contribution in [3.8, 4) is 17.3 Å². The van der Waals surface area contributed by atoms with E-state index in [9.17, 15) is 18.8 Å². The molecule has 0 spiro atoms. The minimum Gasteiger partial charge on any atom is -0.312 e. The van der Waals surface area contributed by atoms with Gasteiger partial charge in [-0.3, -0.25) is 4.79 Å². The van der Waals surface area contributed by atoms with Gasteiger partial charge >= 0.3 is 0 Å². The van der Waals surface area contributed by atoms with E-state index in [1.165, 1.54) is 23.6 Å². The number of alkyl halides is 2. The summed E-state index contributed by atoms with van der Waals surface area (Å²) < 4.78 is 28.5. The van der Waals surface area contributed by atoms with E-state index in [1.807, 2.05) is 6.07 Å². The zero-order chi connectivity index (χ0) is 22.2. The third kappa shape index (κ3) is 3.42. The van der Waals surface area contributed by atoms with Gasteiger partial charge in [-0.15, -0.1) is 11.3 Å². The lowest BCUT2D eigenvalue weighted by atomic mass is 9.96. The Morgan fingerprint density at radius 3 is 2.75 bits per heavy atom. The second-order valence-electron chi connectivity index (χ2n) is 7.51. The third-order valence-electron chi connectivity index (χ3n) is 5.55. The maximum atomic E-state index is 13.8. The Kier molecular flexibility index (Phi) is 5.15. The molecule has 1 aromatic carbocycles. The zero-order valence-corrected chi connectivity index (χ0v) is 17.6. The molecular weight excluding hydrogens is 432 g/mol. The van der Waals surface area contributed by atoms with Gasteiger partial charge in [0.1, 0.15) is 22.3 Å². The Hall–Kier alpha value is -3.64. The lowest BCUT2D eigenvalue weighted by Crippen LogP contribution is -2.13. The van der Waals surface area contributed by atoms with Crippen molar-refractivity contribution in [2.24, 2.45) is 0 Å². The lowest BCUT2D eigenvalue weighted by molar-refractivity contribution is 0.102. The summed E-state index contributed by atoms with van der Waals surface area (Å²) in [5.41, 5.74) is 2.23. The molecule has 4 aromatic rings. The molecule has 1 N–H and O–H groups in total. The number of rotatable bonds is 4. The highest BCUT2D eigenvalue weighted by Crippen LogP contribution is 2.38. The number of aryl methyl sites for hydroxylation is 1. The molecule has 6 nitrogen and oxygen atoms in total. The molecule has 0 atom stereocenters. The van der Waals surface area contributed by atoms with Gasteiger partial charge in [0.2, 0.25) is 0 Å². The van der Waals surface area contributed by atoms with Crippen LogP contribution in [0.4, 0.5) is 13.8 Å². The number of fused-ring (bicyclic) bond motifs is 2. The van der Waals surface area contributed by atoms with Crippen molar-refractivity contribution in [2.75, 3.05) is 5.32 Å². The highest BCUT2D eigenvalue weighted by Gasteiger charge is 2.25. The maximum absolute atomic E-state index is 13.8. The Labute approximate surface area is 186 Å². The van der Waals surface area contributed by atoms with Crippen LogP contribution in [-0.4, -0.2) is 20.5 Å². The van der Waals surface area contributed by atoms with Crippen molar-refractivity contribution >= 4 is 27.9 Å². The molecule has 0 saturated heterocycles. The molecule has 160 valence electrons. The van der Waals surface area contributed by atoms with Crippen LogP contribution in [-0.2, 0) is 12.8 Å². The van der Waals surface area contributed by atoms with E-state index in [0.717, 1.165) is 40.6 Å². The number of nitrogens with one attached hydrogen (secondary N) is 1. The summed E-state index contributed by atoms with van der Waals surface area (Å²) in [4.78, 5) is 18.7. The standard InChI is InChI=1S/C23H17F2N5OS/c24-20(25)18-10-17(13-6-2-1-3-7-13)28-21-16(12-27-30(18)21)22(31)29-23-15(11-26)14-8-4-5-9-19(14)32-23/h1-3,6-7,10,12,20H,4-5,8-9H2,(H,29,31). The van der Waals surface area contributed by atoms with Gasteiger partial charge in [-0.05, 0) is 37.3 Å². The van der Waals surface area contributed by atoms with Gasteiger partial charge in [0.05, 0.1) is 17.5 Å². The van der Waals surface area contributed by atoms with Crippen LogP contribution >= 0.6 is 11.3 Å². The molecule has 1 aliphatic rings. The minimum absolute atomic E-state index is 0.0407. The second kappa shape index (κ2) is 8.13. The van der Waals surface area contributed by atoms with E-state index < -0.39 is 12.3 Å². The number of aromatic nitrogens is 3. The largest absolute Gasteiger partial charge is 0.312 e. The average Bonchev–Trinajstić information content (AvgIpc) is 3.39. The predicted molar refractivity (Wildman–Crippen MR) is 117 cm³/mol. The first-order chi connectivity index (χ1) is 15.6. The molecule has 9 heteroatoms. The number of hydrogen-bond donors (Lipinski definition) is 1. The first kappa shape index (κ1) is 20.3. The van der Waals surface area contributed by atoms with E-state index in [1.54, 1.807) is 24.3 Å². The Balaban J connectivity index is 1.58. The molecule has 3 aromatic heterocycles. The van der Waals surface area contributed by atoms with Crippen LogP contribution < -0.4 is 5.32 Å². The van der Waals surface area contributed by atoms with Gasteiger partial charge in [-0.2, -0.15) is 10.4 Å². The van der Waals surface area contributed by atoms with Gasteiger partial charge < -0.3 is 5.32 Å². The van der Waals surface area contributed by atoms with Crippen LogP contribution in [0.2, 0.25) is 0 Å². The maximum Gasteiger partial charge on any atom is 0.280 e. The van der Waals surface area contributed by atoms with Crippen molar-refractivity contribution in [1.29, 1.82) is 5.26 Å². The van der Waals surface area contributed by atoms with E-state index in [0.29, 0.717) is 21.8 Å². The SMILES string of the molecule is N#Cc1c(NC(=O)c2cnn3c(C(F)F)cc(-c4ccccc4)nc23)sc2c1CCCC2. The summed E-state index contributed by atoms with van der Waals surface area (Å²) in [5.74, 6) is -0.534. The number of carbonyl (C=O) groups excluding carboxylic acids is 1. The van der Waals surface area contributed by atoms with Crippen LogP contribution in [0.25, 0.3) is 16.9 Å². The summed E-state index contributed by atoms with van der Waals surface area (Å²) in [6.07, 6.45) is 2.22. The minimum atomic E-state index is -2.80. The number of benzene rings is 1. The third-order valence-corrected chi connectivity index (χ3v) is 6.75. The highest BCUT2D eigenvalue weighted by molar-refractivity contribution is 7.16. The fourth-order valence-electron chi connectivity index (χ4n) is 4.00. The molecule has 0 unspecified atom stereocenters. The molecule has 0 radical (unpaired) electrons. The molecule has 5 rings (SSSR count). The van der Waals surface area contributed by atoms with Crippen molar-refractivity contribution in [2.45, 2.75) is 32.1 Å². The first-order valence-corrected chi connectivity index (χ1v) is 11.0. The number of halogens is 2. The summed E-state index contributed by atoms with van der Waals surface area (Å²) >= 11 is 1.40. The van der Waals surface area contributed by atoms with Gasteiger partial charge in [-0.1, -0.05) is 30.3 Å². The number of anilines is 1. The monoisotopic (exact) mass is 449 g/mol. The van der Waals surface area contributed by atoms with Gasteiger partial charge in [0.15, 0.2) is 5.65 Å². The molecule has 0 fully saturated rings. The molecule has 32 heavy (non-hydrogen) atoms. The quantitative estimate of drug-likeness (QED) is 0.452. The molecule has 0 saturated carbocycles. The van der Waals surface area contributed by atoms with Gasteiger partial charge in [-0.25, -0.2) is 18.3 Å². The second-order valence-corrected chi connectivity index (χ2v) is 8.61. The number of hydrogen-bond acceptors (Lipinski definition) is 5. The van der Waals surface area contributed by atoms with Crippen molar-refractivity contribution in [1.82, 2.24) is 14.6 Å². The number of carbonyl (C=O) groups is 1.